The molecule has 4 aromatic rings. The van der Waals surface area contributed by atoms with Crippen molar-refractivity contribution in [3.63, 3.8) is 0 Å². The summed E-state index contributed by atoms with van der Waals surface area (Å²) < 4.78 is 1.64. The van der Waals surface area contributed by atoms with Crippen LogP contribution in [-0.4, -0.2) is 21.2 Å². The Hall–Kier alpha value is -3.93. The molecule has 2 N–H and O–H groups in total. The van der Waals surface area contributed by atoms with Crippen LogP contribution in [0.5, 0.6) is 0 Å². The van der Waals surface area contributed by atoms with Crippen LogP contribution in [0.15, 0.2) is 72.9 Å². The second-order valence-corrected chi connectivity index (χ2v) is 7.13. The van der Waals surface area contributed by atoms with Crippen molar-refractivity contribution in [3.8, 4) is 0 Å². The minimum Gasteiger partial charge on any atom is -0.345 e. The Bertz CT molecular complexity index is 1210. The number of imidazole rings is 1. The number of carbonyl (C=O) groups is 2. The van der Waals surface area contributed by atoms with E-state index >= 15 is 0 Å². The fraction of sp³-hybridized carbons (Fsp3) is 0.125. The average molecular weight is 398 g/mol. The van der Waals surface area contributed by atoms with E-state index in [-0.39, 0.29) is 23.3 Å². The third-order valence-electron chi connectivity index (χ3n) is 4.98. The fourth-order valence-electron chi connectivity index (χ4n) is 3.41. The first-order valence-electron chi connectivity index (χ1n) is 9.71. The monoisotopic (exact) mass is 398 g/mol. The van der Waals surface area contributed by atoms with Gasteiger partial charge in [0, 0.05) is 18.4 Å². The van der Waals surface area contributed by atoms with Crippen LogP contribution < -0.4 is 10.6 Å². The minimum absolute atomic E-state index is 0.174. The number of nitrogens with one attached hydrogen (secondary N) is 2. The second-order valence-electron chi connectivity index (χ2n) is 7.13. The summed E-state index contributed by atoms with van der Waals surface area (Å²) in [5, 5.41) is 5.82. The van der Waals surface area contributed by atoms with Gasteiger partial charge in [-0.3, -0.25) is 14.0 Å². The number of aromatic nitrogens is 2. The summed E-state index contributed by atoms with van der Waals surface area (Å²) >= 11 is 0. The van der Waals surface area contributed by atoms with Gasteiger partial charge in [-0.05, 0) is 42.7 Å². The molecule has 0 bridgehead atoms. The van der Waals surface area contributed by atoms with Gasteiger partial charge in [-0.25, -0.2) is 4.98 Å². The molecule has 6 heteroatoms. The number of hydrogen-bond donors (Lipinski definition) is 2. The molecule has 2 amide bonds. The summed E-state index contributed by atoms with van der Waals surface area (Å²) in [6, 6.07) is 20.9. The van der Waals surface area contributed by atoms with Crippen LogP contribution in [0.4, 0.5) is 5.69 Å². The molecule has 0 radical (unpaired) electrons. The summed E-state index contributed by atoms with van der Waals surface area (Å²) in [5.74, 6) is -0.516. The predicted octanol–water partition coefficient (Wildman–Crippen LogP) is 4.13. The molecule has 2 aromatic carbocycles. The highest BCUT2D eigenvalue weighted by Crippen LogP contribution is 2.21. The first-order chi connectivity index (χ1) is 14.5. The summed E-state index contributed by atoms with van der Waals surface area (Å²) in [6.45, 7) is 4.26. The molecule has 4 rings (SSSR count). The number of amides is 2. The van der Waals surface area contributed by atoms with Gasteiger partial charge in [-0.15, -0.1) is 0 Å². The summed E-state index contributed by atoms with van der Waals surface area (Å²) in [7, 11) is 0. The van der Waals surface area contributed by atoms with Crippen molar-refractivity contribution in [2.75, 3.05) is 5.32 Å². The second kappa shape index (κ2) is 8.21. The molecule has 0 spiro atoms. The highest BCUT2D eigenvalue weighted by atomic mass is 16.2. The first-order valence-corrected chi connectivity index (χ1v) is 9.71. The van der Waals surface area contributed by atoms with Gasteiger partial charge in [0.05, 0.1) is 5.52 Å². The van der Waals surface area contributed by atoms with E-state index in [9.17, 15) is 9.59 Å². The summed E-state index contributed by atoms with van der Waals surface area (Å²) in [5.41, 5.74) is 4.46. The quantitative estimate of drug-likeness (QED) is 0.531. The SMILES string of the molecule is Cc1cccc(C)c1NC(=O)c1nc(C(=O)NCc2ccccc2)n2ccccc12. The molecule has 0 unspecified atom stereocenters. The van der Waals surface area contributed by atoms with Crippen LogP contribution in [0.3, 0.4) is 0 Å². The van der Waals surface area contributed by atoms with E-state index in [4.69, 9.17) is 0 Å². The van der Waals surface area contributed by atoms with E-state index in [1.54, 1.807) is 22.7 Å². The van der Waals surface area contributed by atoms with Crippen molar-refractivity contribution < 1.29 is 9.59 Å². The van der Waals surface area contributed by atoms with E-state index in [2.05, 4.69) is 15.6 Å². The lowest BCUT2D eigenvalue weighted by molar-refractivity contribution is 0.0940. The standard InChI is InChI=1S/C24H22N4O2/c1-16-9-8-10-17(2)20(16)27-23(29)21-19-13-6-7-14-28(19)22(26-21)24(30)25-15-18-11-4-3-5-12-18/h3-14H,15H2,1-2H3,(H,25,30)(H,27,29). The van der Waals surface area contributed by atoms with Crippen LogP contribution in [0.25, 0.3) is 5.52 Å². The zero-order chi connectivity index (χ0) is 21.1. The number of hydrogen-bond acceptors (Lipinski definition) is 3. The molecule has 6 nitrogen and oxygen atoms in total. The lowest BCUT2D eigenvalue weighted by atomic mass is 10.1. The van der Waals surface area contributed by atoms with Gasteiger partial charge in [0.2, 0.25) is 5.82 Å². The normalized spacial score (nSPS) is 10.7. The molecule has 0 aliphatic rings. The topological polar surface area (TPSA) is 75.5 Å². The molecule has 0 aliphatic carbocycles. The highest BCUT2D eigenvalue weighted by molar-refractivity contribution is 6.09. The zero-order valence-electron chi connectivity index (χ0n) is 16.8. The largest absolute Gasteiger partial charge is 0.345 e. The molecule has 2 heterocycles. The number of anilines is 1. The van der Waals surface area contributed by atoms with Gasteiger partial charge < -0.3 is 10.6 Å². The number of benzene rings is 2. The number of carbonyl (C=O) groups excluding carboxylic acids is 2. The zero-order valence-corrected chi connectivity index (χ0v) is 16.8. The Morgan fingerprint density at radius 1 is 0.867 bits per heavy atom. The number of aryl methyl sites for hydroxylation is 2. The molecular weight excluding hydrogens is 376 g/mol. The molecule has 0 saturated carbocycles. The van der Waals surface area contributed by atoms with Crippen LogP contribution in [0.2, 0.25) is 0 Å². The summed E-state index contributed by atoms with van der Waals surface area (Å²) in [4.78, 5) is 30.2. The van der Waals surface area contributed by atoms with Crippen LogP contribution in [-0.2, 0) is 6.54 Å². The van der Waals surface area contributed by atoms with Crippen LogP contribution in [0.1, 0.15) is 37.8 Å². The maximum Gasteiger partial charge on any atom is 0.287 e. The molecule has 0 saturated heterocycles. The Morgan fingerprint density at radius 3 is 2.30 bits per heavy atom. The molecule has 0 atom stereocenters. The fourth-order valence-corrected chi connectivity index (χ4v) is 3.41. The van der Waals surface area contributed by atoms with Crippen molar-refractivity contribution >= 4 is 23.0 Å². The highest BCUT2D eigenvalue weighted by Gasteiger charge is 2.22. The van der Waals surface area contributed by atoms with Crippen LogP contribution in [0, 0.1) is 13.8 Å². The lowest BCUT2D eigenvalue weighted by Crippen LogP contribution is -2.25. The number of rotatable bonds is 5. The molecule has 150 valence electrons. The Kier molecular flexibility index (Phi) is 5.30. The number of fused-ring (bicyclic) bond motifs is 1. The molecule has 2 aromatic heterocycles. The van der Waals surface area contributed by atoms with E-state index in [0.29, 0.717) is 12.1 Å². The Labute approximate surface area is 174 Å². The summed E-state index contributed by atoms with van der Waals surface area (Å²) in [6.07, 6.45) is 1.73. The molecule has 0 aliphatic heterocycles. The third kappa shape index (κ3) is 3.80. The number of pyridine rings is 1. The van der Waals surface area contributed by atoms with Crippen LogP contribution >= 0.6 is 0 Å². The van der Waals surface area contributed by atoms with Crippen molar-refractivity contribution in [2.24, 2.45) is 0 Å². The molecule has 30 heavy (non-hydrogen) atoms. The molecular formula is C24H22N4O2. The first kappa shape index (κ1) is 19.4. The van der Waals surface area contributed by atoms with E-state index in [1.165, 1.54) is 0 Å². The average Bonchev–Trinajstić information content (AvgIpc) is 3.15. The van der Waals surface area contributed by atoms with Crippen molar-refractivity contribution in [2.45, 2.75) is 20.4 Å². The van der Waals surface area contributed by atoms with Gasteiger partial charge in [-0.2, -0.15) is 0 Å². The maximum atomic E-state index is 13.0. The van der Waals surface area contributed by atoms with E-state index in [0.717, 1.165) is 22.4 Å². The van der Waals surface area contributed by atoms with Gasteiger partial charge >= 0.3 is 0 Å². The Balaban J connectivity index is 1.63. The van der Waals surface area contributed by atoms with Gasteiger partial charge in [-0.1, -0.05) is 54.6 Å². The smallest absolute Gasteiger partial charge is 0.287 e. The molecule has 0 fully saturated rings. The minimum atomic E-state index is -0.349. The predicted molar refractivity (Wildman–Crippen MR) is 117 cm³/mol. The van der Waals surface area contributed by atoms with Crippen molar-refractivity contribution in [1.29, 1.82) is 0 Å². The maximum absolute atomic E-state index is 13.0. The number of nitrogens with zero attached hydrogens (tertiary/aromatic N) is 2. The lowest BCUT2D eigenvalue weighted by Gasteiger charge is -2.10. The third-order valence-corrected chi connectivity index (χ3v) is 4.98. The van der Waals surface area contributed by atoms with Gasteiger partial charge in [0.1, 0.15) is 0 Å². The van der Waals surface area contributed by atoms with Crippen molar-refractivity contribution in [3.05, 3.63) is 101 Å². The Morgan fingerprint density at radius 2 is 1.57 bits per heavy atom. The van der Waals surface area contributed by atoms with Gasteiger partial charge in [0.15, 0.2) is 5.69 Å². The van der Waals surface area contributed by atoms with E-state index in [1.807, 2.05) is 68.4 Å². The number of para-hydroxylation sites is 1. The van der Waals surface area contributed by atoms with Crippen molar-refractivity contribution in [1.82, 2.24) is 14.7 Å². The van der Waals surface area contributed by atoms with E-state index < -0.39 is 0 Å². The van der Waals surface area contributed by atoms with Gasteiger partial charge in [0.25, 0.3) is 11.8 Å².